The highest BCUT2D eigenvalue weighted by atomic mass is 16.5. The van der Waals surface area contributed by atoms with Crippen molar-refractivity contribution in [3.05, 3.63) is 47.7 Å². The SMILES string of the molecule is Cc1ccc(NC(=O)C2(C)Oc3cccnc3NC2=O)c(C)c1. The lowest BCUT2D eigenvalue weighted by Crippen LogP contribution is -2.56. The molecule has 3 rings (SSSR count). The van der Waals surface area contributed by atoms with E-state index in [0.29, 0.717) is 17.3 Å². The number of fused-ring (bicyclic) bond motifs is 1. The molecule has 0 bridgehead atoms. The number of hydrogen-bond acceptors (Lipinski definition) is 4. The number of pyridine rings is 1. The normalized spacial score (nSPS) is 19.3. The molecule has 1 aromatic carbocycles. The van der Waals surface area contributed by atoms with Crippen LogP contribution in [0.3, 0.4) is 0 Å². The summed E-state index contributed by atoms with van der Waals surface area (Å²) in [5.74, 6) is -0.401. The number of nitrogens with one attached hydrogen (secondary N) is 2. The number of carbonyl (C=O) groups excluding carboxylic acids is 2. The molecule has 0 fully saturated rings. The van der Waals surface area contributed by atoms with Gasteiger partial charge in [-0.05, 0) is 44.5 Å². The number of rotatable bonds is 2. The highest BCUT2D eigenvalue weighted by molar-refractivity contribution is 6.18. The molecule has 1 aliphatic heterocycles. The number of anilines is 2. The van der Waals surface area contributed by atoms with E-state index in [1.807, 2.05) is 32.0 Å². The summed E-state index contributed by atoms with van der Waals surface area (Å²) in [6, 6.07) is 9.00. The van der Waals surface area contributed by atoms with Gasteiger partial charge in [-0.15, -0.1) is 0 Å². The molecule has 1 unspecified atom stereocenters. The molecule has 23 heavy (non-hydrogen) atoms. The molecule has 2 N–H and O–H groups in total. The fraction of sp³-hybridized carbons (Fsp3) is 0.235. The second-order valence-electron chi connectivity index (χ2n) is 5.71. The van der Waals surface area contributed by atoms with Crippen LogP contribution in [0.1, 0.15) is 18.1 Å². The van der Waals surface area contributed by atoms with Crippen LogP contribution in [0.2, 0.25) is 0 Å². The zero-order valence-corrected chi connectivity index (χ0v) is 13.1. The van der Waals surface area contributed by atoms with Crippen molar-refractivity contribution in [1.82, 2.24) is 4.98 Å². The molecule has 1 atom stereocenters. The molecule has 2 aromatic rings. The molecule has 1 aliphatic rings. The first-order valence-electron chi connectivity index (χ1n) is 7.24. The van der Waals surface area contributed by atoms with Gasteiger partial charge in [0, 0.05) is 11.9 Å². The lowest BCUT2D eigenvalue weighted by molar-refractivity contribution is -0.143. The molecule has 0 saturated heterocycles. The van der Waals surface area contributed by atoms with E-state index in [-0.39, 0.29) is 0 Å². The fourth-order valence-corrected chi connectivity index (χ4v) is 2.40. The lowest BCUT2D eigenvalue weighted by Gasteiger charge is -2.32. The lowest BCUT2D eigenvalue weighted by atomic mass is 10.0. The summed E-state index contributed by atoms with van der Waals surface area (Å²) in [7, 11) is 0. The summed E-state index contributed by atoms with van der Waals surface area (Å²) in [6.45, 7) is 5.31. The zero-order chi connectivity index (χ0) is 16.6. The number of aromatic nitrogens is 1. The van der Waals surface area contributed by atoms with E-state index in [1.165, 1.54) is 6.92 Å². The molecule has 0 spiro atoms. The van der Waals surface area contributed by atoms with Crippen LogP contribution in [-0.2, 0) is 9.59 Å². The zero-order valence-electron chi connectivity index (χ0n) is 13.1. The Morgan fingerprint density at radius 1 is 1.30 bits per heavy atom. The standard InChI is InChI=1S/C17H17N3O3/c1-10-6-7-12(11(2)9-10)19-15(21)17(3)16(22)20-14-13(23-17)5-4-8-18-14/h4-9H,1-3H3,(H,19,21)(H,18,20,22). The summed E-state index contributed by atoms with van der Waals surface area (Å²) < 4.78 is 5.64. The van der Waals surface area contributed by atoms with Gasteiger partial charge < -0.3 is 15.4 Å². The molecule has 118 valence electrons. The third kappa shape index (κ3) is 2.63. The Bertz CT molecular complexity index is 803. The first kappa shape index (κ1) is 15.0. The Hall–Kier alpha value is -2.89. The van der Waals surface area contributed by atoms with Crippen molar-refractivity contribution in [2.45, 2.75) is 26.4 Å². The van der Waals surface area contributed by atoms with Gasteiger partial charge in [0.1, 0.15) is 0 Å². The molecule has 0 aliphatic carbocycles. The van der Waals surface area contributed by atoms with Crippen molar-refractivity contribution in [3.63, 3.8) is 0 Å². The van der Waals surface area contributed by atoms with E-state index >= 15 is 0 Å². The smallest absolute Gasteiger partial charge is 0.279 e. The Morgan fingerprint density at radius 3 is 2.83 bits per heavy atom. The molecule has 1 aromatic heterocycles. The van der Waals surface area contributed by atoms with Crippen LogP contribution in [0.25, 0.3) is 0 Å². The average Bonchev–Trinajstić information content (AvgIpc) is 2.51. The van der Waals surface area contributed by atoms with Crippen LogP contribution in [0, 0.1) is 13.8 Å². The number of hydrogen-bond donors (Lipinski definition) is 2. The highest BCUT2D eigenvalue weighted by Gasteiger charge is 2.47. The summed E-state index contributed by atoms with van der Waals surface area (Å²) in [6.07, 6.45) is 1.54. The van der Waals surface area contributed by atoms with Gasteiger partial charge in [-0.3, -0.25) is 9.59 Å². The van der Waals surface area contributed by atoms with Gasteiger partial charge in [-0.2, -0.15) is 0 Å². The second kappa shape index (κ2) is 5.39. The maximum Gasteiger partial charge on any atom is 0.279 e. The van der Waals surface area contributed by atoms with Gasteiger partial charge in [0.15, 0.2) is 11.6 Å². The number of benzene rings is 1. The topological polar surface area (TPSA) is 80.3 Å². The Morgan fingerprint density at radius 2 is 2.09 bits per heavy atom. The van der Waals surface area contributed by atoms with Crippen LogP contribution in [-0.4, -0.2) is 22.4 Å². The van der Waals surface area contributed by atoms with Gasteiger partial charge in [0.05, 0.1) is 0 Å². The number of carbonyl (C=O) groups is 2. The summed E-state index contributed by atoms with van der Waals surface area (Å²) in [4.78, 5) is 29.0. The van der Waals surface area contributed by atoms with Crippen LogP contribution in [0.15, 0.2) is 36.5 Å². The van der Waals surface area contributed by atoms with Gasteiger partial charge in [0.25, 0.3) is 17.4 Å². The van der Waals surface area contributed by atoms with E-state index in [4.69, 9.17) is 4.74 Å². The van der Waals surface area contributed by atoms with Crippen molar-refractivity contribution in [1.29, 1.82) is 0 Å². The predicted molar refractivity (Wildman–Crippen MR) is 86.4 cm³/mol. The van der Waals surface area contributed by atoms with Gasteiger partial charge in [-0.1, -0.05) is 17.7 Å². The molecule has 6 nitrogen and oxygen atoms in total. The van der Waals surface area contributed by atoms with E-state index in [0.717, 1.165) is 11.1 Å². The molecule has 2 heterocycles. The molecular formula is C17H17N3O3. The molecule has 0 radical (unpaired) electrons. The van der Waals surface area contributed by atoms with Gasteiger partial charge in [0.2, 0.25) is 0 Å². The van der Waals surface area contributed by atoms with Crippen molar-refractivity contribution < 1.29 is 14.3 Å². The van der Waals surface area contributed by atoms with Gasteiger partial charge in [-0.25, -0.2) is 4.98 Å². The molecule has 0 saturated carbocycles. The minimum atomic E-state index is -1.66. The Labute approximate surface area is 133 Å². The van der Waals surface area contributed by atoms with Crippen LogP contribution in [0.4, 0.5) is 11.5 Å². The largest absolute Gasteiger partial charge is 0.464 e. The third-order valence-electron chi connectivity index (χ3n) is 3.81. The van der Waals surface area contributed by atoms with Crippen LogP contribution in [0.5, 0.6) is 5.75 Å². The molecule has 6 heteroatoms. The van der Waals surface area contributed by atoms with Crippen molar-refractivity contribution in [2.24, 2.45) is 0 Å². The Balaban J connectivity index is 1.88. The number of amides is 2. The maximum absolute atomic E-state index is 12.6. The van der Waals surface area contributed by atoms with E-state index < -0.39 is 17.4 Å². The second-order valence-corrected chi connectivity index (χ2v) is 5.71. The van der Waals surface area contributed by atoms with Crippen molar-refractivity contribution in [2.75, 3.05) is 10.6 Å². The number of nitrogens with zero attached hydrogens (tertiary/aromatic N) is 1. The van der Waals surface area contributed by atoms with Crippen molar-refractivity contribution >= 4 is 23.3 Å². The van der Waals surface area contributed by atoms with Crippen LogP contribution < -0.4 is 15.4 Å². The van der Waals surface area contributed by atoms with E-state index in [2.05, 4.69) is 15.6 Å². The van der Waals surface area contributed by atoms with Crippen molar-refractivity contribution in [3.8, 4) is 5.75 Å². The highest BCUT2D eigenvalue weighted by Crippen LogP contribution is 2.32. The minimum Gasteiger partial charge on any atom is -0.464 e. The summed E-state index contributed by atoms with van der Waals surface area (Å²) in [5, 5.41) is 5.37. The predicted octanol–water partition coefficient (Wildman–Crippen LogP) is 2.43. The quantitative estimate of drug-likeness (QED) is 0.835. The van der Waals surface area contributed by atoms with Crippen LogP contribution >= 0.6 is 0 Å². The first-order chi connectivity index (χ1) is 10.9. The monoisotopic (exact) mass is 311 g/mol. The Kier molecular flexibility index (Phi) is 3.52. The number of aryl methyl sites for hydroxylation is 2. The minimum absolute atomic E-state index is 0.314. The van der Waals surface area contributed by atoms with E-state index in [9.17, 15) is 9.59 Å². The molecule has 2 amide bonds. The average molecular weight is 311 g/mol. The van der Waals surface area contributed by atoms with E-state index in [1.54, 1.807) is 18.3 Å². The number of ether oxygens (including phenoxy) is 1. The van der Waals surface area contributed by atoms with Gasteiger partial charge >= 0.3 is 0 Å². The third-order valence-corrected chi connectivity index (χ3v) is 3.81. The maximum atomic E-state index is 12.6. The molecular weight excluding hydrogens is 294 g/mol. The summed E-state index contributed by atoms with van der Waals surface area (Å²) in [5.41, 5.74) is 1.00. The summed E-state index contributed by atoms with van der Waals surface area (Å²) >= 11 is 0. The first-order valence-corrected chi connectivity index (χ1v) is 7.24. The fourth-order valence-electron chi connectivity index (χ4n) is 2.40.